The van der Waals surface area contributed by atoms with Gasteiger partial charge in [0.25, 0.3) is 0 Å². The average molecular weight is 122 g/mol. The maximum atomic E-state index is 8.13. The van der Waals surface area contributed by atoms with E-state index in [9.17, 15) is 0 Å². The molecule has 0 aliphatic carbocycles. The molecule has 1 aliphatic rings. The molecule has 0 atom stereocenters. The Bertz CT molecular complexity index is 139. The van der Waals surface area contributed by atoms with Crippen molar-refractivity contribution in [1.29, 1.82) is 5.26 Å². The van der Waals surface area contributed by atoms with Crippen LogP contribution in [0.4, 0.5) is 0 Å². The van der Waals surface area contributed by atoms with Gasteiger partial charge in [0, 0.05) is 19.6 Å². The molecule has 0 bridgehead atoms. The van der Waals surface area contributed by atoms with Crippen LogP contribution in [0, 0.1) is 11.3 Å². The van der Waals surface area contributed by atoms with Gasteiger partial charge in [0.15, 0.2) is 0 Å². The standard InChI is InChI=1S/C7H10N2/c8-4-2-1-3-5-9-6-7-9/h1,3H,2,5-7H2. The number of hydrogen-bond donors (Lipinski definition) is 0. The zero-order valence-corrected chi connectivity index (χ0v) is 5.38. The minimum absolute atomic E-state index is 0.549. The lowest BCUT2D eigenvalue weighted by atomic mass is 10.4. The summed E-state index contributed by atoms with van der Waals surface area (Å²) in [5, 5.41) is 8.13. The fourth-order valence-corrected chi connectivity index (χ4v) is 0.613. The summed E-state index contributed by atoms with van der Waals surface area (Å²) < 4.78 is 0. The first kappa shape index (κ1) is 6.31. The van der Waals surface area contributed by atoms with Gasteiger partial charge in [0.2, 0.25) is 0 Å². The van der Waals surface area contributed by atoms with Gasteiger partial charge in [-0.25, -0.2) is 0 Å². The zero-order chi connectivity index (χ0) is 6.53. The Hall–Kier alpha value is -0.810. The van der Waals surface area contributed by atoms with Crippen LogP contribution in [0.5, 0.6) is 0 Å². The van der Waals surface area contributed by atoms with E-state index in [4.69, 9.17) is 5.26 Å². The minimum atomic E-state index is 0.549. The van der Waals surface area contributed by atoms with E-state index < -0.39 is 0 Å². The molecule has 0 unspecified atom stereocenters. The summed E-state index contributed by atoms with van der Waals surface area (Å²) in [6.07, 6.45) is 4.52. The van der Waals surface area contributed by atoms with Crippen molar-refractivity contribution in [3.8, 4) is 6.07 Å². The van der Waals surface area contributed by atoms with E-state index in [2.05, 4.69) is 17.0 Å². The van der Waals surface area contributed by atoms with E-state index in [1.807, 2.05) is 6.08 Å². The second kappa shape index (κ2) is 3.26. The summed E-state index contributed by atoms with van der Waals surface area (Å²) >= 11 is 0. The minimum Gasteiger partial charge on any atom is -0.297 e. The lowest BCUT2D eigenvalue weighted by Crippen LogP contribution is -1.93. The van der Waals surface area contributed by atoms with Crippen molar-refractivity contribution in [2.24, 2.45) is 0 Å². The van der Waals surface area contributed by atoms with Gasteiger partial charge in [0.05, 0.1) is 12.5 Å². The predicted molar refractivity (Wildman–Crippen MR) is 35.8 cm³/mol. The third kappa shape index (κ3) is 2.89. The molecule has 1 rings (SSSR count). The maximum Gasteiger partial charge on any atom is 0.0663 e. The fraction of sp³-hybridized carbons (Fsp3) is 0.571. The first-order valence-corrected chi connectivity index (χ1v) is 3.18. The summed E-state index contributed by atoms with van der Waals surface area (Å²) in [4.78, 5) is 2.30. The van der Waals surface area contributed by atoms with Crippen LogP contribution < -0.4 is 0 Å². The number of nitriles is 1. The smallest absolute Gasteiger partial charge is 0.0663 e. The lowest BCUT2D eigenvalue weighted by molar-refractivity contribution is 0.628. The van der Waals surface area contributed by atoms with Crippen LogP contribution in [-0.2, 0) is 0 Å². The highest BCUT2D eigenvalue weighted by Crippen LogP contribution is 2.01. The Kier molecular flexibility index (Phi) is 2.29. The highest BCUT2D eigenvalue weighted by molar-refractivity contribution is 4.94. The lowest BCUT2D eigenvalue weighted by Gasteiger charge is -1.87. The Labute approximate surface area is 55.4 Å². The van der Waals surface area contributed by atoms with Gasteiger partial charge < -0.3 is 0 Å². The van der Waals surface area contributed by atoms with E-state index in [1.165, 1.54) is 13.1 Å². The molecule has 1 aliphatic heterocycles. The maximum absolute atomic E-state index is 8.13. The quantitative estimate of drug-likeness (QED) is 0.408. The van der Waals surface area contributed by atoms with Crippen LogP contribution in [0.15, 0.2) is 12.2 Å². The SMILES string of the molecule is N#CCC=CCN1CC1. The molecule has 48 valence electrons. The number of rotatable bonds is 3. The summed E-state index contributed by atoms with van der Waals surface area (Å²) in [6.45, 7) is 3.50. The van der Waals surface area contributed by atoms with Crippen molar-refractivity contribution in [2.45, 2.75) is 6.42 Å². The van der Waals surface area contributed by atoms with Gasteiger partial charge in [0.1, 0.15) is 0 Å². The molecule has 0 aromatic carbocycles. The Morgan fingerprint density at radius 2 is 2.22 bits per heavy atom. The summed E-state index contributed by atoms with van der Waals surface area (Å²) in [5.74, 6) is 0. The summed E-state index contributed by atoms with van der Waals surface area (Å²) in [5.41, 5.74) is 0. The highest BCUT2D eigenvalue weighted by Gasteiger charge is 2.13. The molecule has 1 heterocycles. The topological polar surface area (TPSA) is 26.8 Å². The van der Waals surface area contributed by atoms with E-state index >= 15 is 0 Å². The van der Waals surface area contributed by atoms with Gasteiger partial charge in [-0.1, -0.05) is 12.2 Å². The van der Waals surface area contributed by atoms with Gasteiger partial charge in [-0.2, -0.15) is 5.26 Å². The Morgan fingerprint density at radius 3 is 2.78 bits per heavy atom. The van der Waals surface area contributed by atoms with Crippen LogP contribution in [0.2, 0.25) is 0 Å². The molecule has 2 heteroatoms. The number of hydrogen-bond acceptors (Lipinski definition) is 2. The van der Waals surface area contributed by atoms with E-state index in [0.29, 0.717) is 6.42 Å². The fourth-order valence-electron chi connectivity index (χ4n) is 0.613. The third-order valence-corrected chi connectivity index (χ3v) is 1.28. The van der Waals surface area contributed by atoms with Crippen LogP contribution in [0.1, 0.15) is 6.42 Å². The van der Waals surface area contributed by atoms with Crippen LogP contribution in [0.25, 0.3) is 0 Å². The average Bonchev–Trinajstić information content (AvgIpc) is 2.63. The molecule has 0 spiro atoms. The molecule has 0 amide bonds. The van der Waals surface area contributed by atoms with Crippen LogP contribution >= 0.6 is 0 Å². The predicted octanol–water partition coefficient (Wildman–Crippen LogP) is 0.772. The number of allylic oxidation sites excluding steroid dienone is 1. The molecule has 1 fully saturated rings. The van der Waals surface area contributed by atoms with Crippen molar-refractivity contribution in [2.75, 3.05) is 19.6 Å². The second-order valence-electron chi connectivity index (χ2n) is 2.13. The zero-order valence-electron chi connectivity index (χ0n) is 5.38. The van der Waals surface area contributed by atoms with Crippen molar-refractivity contribution < 1.29 is 0 Å². The van der Waals surface area contributed by atoms with Crippen LogP contribution in [-0.4, -0.2) is 24.5 Å². The monoisotopic (exact) mass is 122 g/mol. The molecular formula is C7H10N2. The van der Waals surface area contributed by atoms with Crippen LogP contribution in [0.3, 0.4) is 0 Å². The first-order chi connectivity index (χ1) is 4.43. The van der Waals surface area contributed by atoms with Crippen molar-refractivity contribution in [1.82, 2.24) is 4.90 Å². The van der Waals surface area contributed by atoms with Crippen molar-refractivity contribution in [3.05, 3.63) is 12.2 Å². The largest absolute Gasteiger partial charge is 0.297 e. The summed E-state index contributed by atoms with van der Waals surface area (Å²) in [7, 11) is 0. The molecule has 0 aromatic rings. The molecule has 0 radical (unpaired) electrons. The van der Waals surface area contributed by atoms with Crippen molar-refractivity contribution in [3.63, 3.8) is 0 Å². The normalized spacial score (nSPS) is 18.1. The molecular weight excluding hydrogens is 112 g/mol. The second-order valence-corrected chi connectivity index (χ2v) is 2.13. The van der Waals surface area contributed by atoms with Gasteiger partial charge in [-0.05, 0) is 0 Å². The van der Waals surface area contributed by atoms with E-state index in [0.717, 1.165) is 6.54 Å². The third-order valence-electron chi connectivity index (χ3n) is 1.28. The van der Waals surface area contributed by atoms with E-state index in [1.54, 1.807) is 0 Å². The molecule has 1 saturated heterocycles. The molecule has 2 nitrogen and oxygen atoms in total. The van der Waals surface area contributed by atoms with Crippen molar-refractivity contribution >= 4 is 0 Å². The van der Waals surface area contributed by atoms with E-state index in [-0.39, 0.29) is 0 Å². The van der Waals surface area contributed by atoms with Gasteiger partial charge in [-0.3, -0.25) is 4.90 Å². The van der Waals surface area contributed by atoms with Gasteiger partial charge in [-0.15, -0.1) is 0 Å². The highest BCUT2D eigenvalue weighted by atomic mass is 15.2. The molecule has 0 aromatic heterocycles. The first-order valence-electron chi connectivity index (χ1n) is 3.18. The molecule has 0 saturated carbocycles. The molecule has 0 N–H and O–H groups in total. The Morgan fingerprint density at radius 1 is 1.44 bits per heavy atom. The Balaban J connectivity index is 1.96. The summed E-state index contributed by atoms with van der Waals surface area (Å²) in [6, 6.07) is 2.06. The molecule has 9 heavy (non-hydrogen) atoms. The number of nitrogens with zero attached hydrogens (tertiary/aromatic N) is 2. The van der Waals surface area contributed by atoms with Gasteiger partial charge >= 0.3 is 0 Å².